The molecule has 0 amide bonds. The van der Waals surface area contributed by atoms with E-state index in [4.69, 9.17) is 9.47 Å². The highest BCUT2D eigenvalue weighted by Gasteiger charge is 2.24. The van der Waals surface area contributed by atoms with Crippen LogP contribution in [0, 0.1) is 0 Å². The largest absolute Gasteiger partial charge is 0.489 e. The van der Waals surface area contributed by atoms with Crippen molar-refractivity contribution < 1.29 is 17.9 Å². The molecule has 10 nitrogen and oxygen atoms in total. The molecule has 1 aliphatic rings. The first-order valence-electron chi connectivity index (χ1n) is 11.3. The van der Waals surface area contributed by atoms with Gasteiger partial charge in [-0.3, -0.25) is 0 Å². The zero-order valence-electron chi connectivity index (χ0n) is 19.8. The number of methoxy groups -OCH3 is 2. The van der Waals surface area contributed by atoms with Crippen LogP contribution in [-0.4, -0.2) is 75.2 Å². The van der Waals surface area contributed by atoms with Crippen LogP contribution in [0.25, 0.3) is 10.9 Å². The van der Waals surface area contributed by atoms with Crippen molar-refractivity contribution >= 4 is 26.7 Å². The minimum absolute atomic E-state index is 0.0186. The summed E-state index contributed by atoms with van der Waals surface area (Å²) in [6, 6.07) is 6.07. The molecule has 0 aliphatic carbocycles. The van der Waals surface area contributed by atoms with E-state index in [1.54, 1.807) is 14.2 Å². The fourth-order valence-electron chi connectivity index (χ4n) is 4.44. The van der Waals surface area contributed by atoms with Crippen molar-refractivity contribution in [1.82, 2.24) is 24.6 Å². The van der Waals surface area contributed by atoms with Crippen LogP contribution >= 0.6 is 0 Å². The summed E-state index contributed by atoms with van der Waals surface area (Å²) >= 11 is 0. The predicted molar refractivity (Wildman–Crippen MR) is 132 cm³/mol. The summed E-state index contributed by atoms with van der Waals surface area (Å²) in [4.78, 5) is 14.2. The molecular weight excluding hydrogens is 456 g/mol. The minimum Gasteiger partial charge on any atom is -0.489 e. The van der Waals surface area contributed by atoms with Gasteiger partial charge in [0.25, 0.3) is 5.88 Å². The van der Waals surface area contributed by atoms with Gasteiger partial charge in [-0.05, 0) is 56.1 Å². The fourth-order valence-corrected chi connectivity index (χ4v) is 5.21. The van der Waals surface area contributed by atoms with E-state index in [0.717, 1.165) is 55.4 Å². The van der Waals surface area contributed by atoms with Gasteiger partial charge in [-0.1, -0.05) is 6.07 Å². The Hall–Kier alpha value is -2.89. The van der Waals surface area contributed by atoms with Gasteiger partial charge in [-0.25, -0.2) is 18.1 Å². The van der Waals surface area contributed by atoms with E-state index in [1.807, 2.05) is 24.4 Å². The number of aromatic amines is 1. The number of nitrogens with one attached hydrogen (secondary N) is 3. The number of benzene rings is 1. The maximum Gasteiger partial charge on any atom is 0.262 e. The first-order chi connectivity index (χ1) is 16.4. The molecule has 0 spiro atoms. The lowest BCUT2D eigenvalue weighted by Crippen LogP contribution is -2.27. The van der Waals surface area contributed by atoms with E-state index >= 15 is 0 Å². The molecule has 184 valence electrons. The Kier molecular flexibility index (Phi) is 7.54. The first kappa shape index (κ1) is 24.2. The molecule has 4 rings (SSSR count). The molecule has 1 aromatic carbocycles. The Morgan fingerprint density at radius 2 is 2.09 bits per heavy atom. The minimum atomic E-state index is -3.30. The fraction of sp³-hybridized carbons (Fsp3) is 0.478. The monoisotopic (exact) mass is 488 g/mol. The topological polar surface area (TPSA) is 121 Å². The van der Waals surface area contributed by atoms with Crippen LogP contribution in [0.15, 0.2) is 30.7 Å². The summed E-state index contributed by atoms with van der Waals surface area (Å²) in [5.41, 5.74) is 3.03. The van der Waals surface area contributed by atoms with E-state index in [1.165, 1.54) is 18.9 Å². The lowest BCUT2D eigenvalue weighted by molar-refractivity contribution is 0.330. The maximum atomic E-state index is 11.9. The number of anilines is 1. The molecule has 3 aromatic rings. The molecule has 3 heterocycles. The maximum absolute atomic E-state index is 11.9. The van der Waals surface area contributed by atoms with Crippen molar-refractivity contribution in [2.75, 3.05) is 46.2 Å². The van der Waals surface area contributed by atoms with Gasteiger partial charge in [0.15, 0.2) is 5.82 Å². The number of sulfonamides is 1. The molecule has 0 bridgehead atoms. The van der Waals surface area contributed by atoms with Crippen molar-refractivity contribution in [3.63, 3.8) is 0 Å². The molecule has 1 saturated heterocycles. The van der Waals surface area contributed by atoms with Gasteiger partial charge in [0.05, 0.1) is 20.0 Å². The third kappa shape index (κ3) is 5.60. The van der Waals surface area contributed by atoms with Gasteiger partial charge in [-0.2, -0.15) is 4.98 Å². The van der Waals surface area contributed by atoms with Crippen molar-refractivity contribution in [3.8, 4) is 11.6 Å². The lowest BCUT2D eigenvalue weighted by Gasteiger charge is -2.18. The molecule has 1 atom stereocenters. The molecule has 1 unspecified atom stereocenters. The van der Waals surface area contributed by atoms with Crippen LogP contribution in [0.1, 0.15) is 24.0 Å². The highest BCUT2D eigenvalue weighted by Crippen LogP contribution is 2.31. The highest BCUT2D eigenvalue weighted by atomic mass is 32.2. The van der Waals surface area contributed by atoms with Crippen molar-refractivity contribution in [1.29, 1.82) is 0 Å². The van der Waals surface area contributed by atoms with E-state index in [-0.39, 0.29) is 11.8 Å². The van der Waals surface area contributed by atoms with Crippen LogP contribution < -0.4 is 19.5 Å². The number of rotatable bonds is 11. The van der Waals surface area contributed by atoms with Crippen molar-refractivity contribution in [2.45, 2.75) is 31.1 Å². The van der Waals surface area contributed by atoms with Crippen LogP contribution in [-0.2, 0) is 22.2 Å². The number of likely N-dealkylation sites (tertiary alicyclic amines) is 1. The summed E-state index contributed by atoms with van der Waals surface area (Å²) in [5.74, 6) is 1.57. The summed E-state index contributed by atoms with van der Waals surface area (Å²) in [6.45, 7) is 2.93. The number of aromatic nitrogens is 3. The Bertz CT molecular complexity index is 1230. The summed E-state index contributed by atoms with van der Waals surface area (Å²) in [7, 11) is 1.29. The first-order valence-corrected chi connectivity index (χ1v) is 13.0. The summed E-state index contributed by atoms with van der Waals surface area (Å²) in [6.07, 6.45) is 6.46. The Labute approximate surface area is 200 Å². The van der Waals surface area contributed by atoms with Crippen LogP contribution in [0.4, 0.5) is 5.82 Å². The SMILES string of the molecule is CNS(=O)(=O)Cc1ccc2[nH]cc(CCCN3CCC(Nc4ncnc(OC)c4OC)C3)c2c1. The molecule has 0 radical (unpaired) electrons. The van der Waals surface area contributed by atoms with Gasteiger partial charge < -0.3 is 24.7 Å². The predicted octanol–water partition coefficient (Wildman–Crippen LogP) is 2.14. The number of hydrogen-bond acceptors (Lipinski definition) is 8. The third-order valence-electron chi connectivity index (χ3n) is 6.20. The van der Waals surface area contributed by atoms with Crippen LogP contribution in [0.5, 0.6) is 11.6 Å². The molecule has 11 heteroatoms. The van der Waals surface area contributed by atoms with Gasteiger partial charge >= 0.3 is 0 Å². The molecule has 2 aromatic heterocycles. The molecule has 0 saturated carbocycles. The van der Waals surface area contributed by atoms with Crippen molar-refractivity contribution in [2.24, 2.45) is 0 Å². The zero-order valence-corrected chi connectivity index (χ0v) is 20.6. The zero-order chi connectivity index (χ0) is 24.1. The van der Waals surface area contributed by atoms with E-state index in [9.17, 15) is 8.42 Å². The van der Waals surface area contributed by atoms with Crippen LogP contribution in [0.2, 0.25) is 0 Å². The Balaban J connectivity index is 1.32. The Morgan fingerprint density at radius 1 is 1.24 bits per heavy atom. The molecular formula is C23H32N6O4S. The molecule has 34 heavy (non-hydrogen) atoms. The number of ether oxygens (including phenoxy) is 2. The number of nitrogens with zero attached hydrogens (tertiary/aromatic N) is 3. The standard InChI is InChI=1S/C23H32N6O4S/c1-24-34(30,31)14-16-6-7-20-19(11-16)17(12-25-20)5-4-9-29-10-8-18(13-29)28-22-21(32-2)23(33-3)27-15-26-22/h6-7,11-12,15,18,24-25H,4-5,8-10,13-14H2,1-3H3,(H,26,27,28). The van der Waals surface area contributed by atoms with E-state index < -0.39 is 10.0 Å². The third-order valence-corrected chi connectivity index (χ3v) is 7.54. The quantitative estimate of drug-likeness (QED) is 0.375. The number of fused-ring (bicyclic) bond motifs is 1. The van der Waals surface area contributed by atoms with Crippen LogP contribution in [0.3, 0.4) is 0 Å². The lowest BCUT2D eigenvalue weighted by atomic mass is 10.1. The van der Waals surface area contributed by atoms with Gasteiger partial charge in [-0.15, -0.1) is 0 Å². The number of aryl methyl sites for hydroxylation is 1. The average molecular weight is 489 g/mol. The number of hydrogen-bond donors (Lipinski definition) is 3. The normalized spacial score (nSPS) is 16.7. The Morgan fingerprint density at radius 3 is 2.85 bits per heavy atom. The highest BCUT2D eigenvalue weighted by molar-refractivity contribution is 7.88. The number of H-pyrrole nitrogens is 1. The van der Waals surface area contributed by atoms with Gasteiger partial charge in [0, 0.05) is 36.2 Å². The summed E-state index contributed by atoms with van der Waals surface area (Å²) in [5, 5.41) is 4.56. The van der Waals surface area contributed by atoms with Gasteiger partial charge in [0.2, 0.25) is 15.8 Å². The molecule has 1 aliphatic heterocycles. The van der Waals surface area contributed by atoms with E-state index in [0.29, 0.717) is 17.4 Å². The molecule has 3 N–H and O–H groups in total. The van der Waals surface area contributed by atoms with Gasteiger partial charge in [0.1, 0.15) is 6.33 Å². The second kappa shape index (κ2) is 10.6. The van der Waals surface area contributed by atoms with Crippen molar-refractivity contribution in [3.05, 3.63) is 41.9 Å². The summed E-state index contributed by atoms with van der Waals surface area (Å²) < 4.78 is 36.9. The van der Waals surface area contributed by atoms with E-state index in [2.05, 4.69) is 29.9 Å². The molecule has 1 fully saturated rings. The second-order valence-corrected chi connectivity index (χ2v) is 10.4. The smallest absolute Gasteiger partial charge is 0.262 e. The average Bonchev–Trinajstić information content (AvgIpc) is 3.45. The second-order valence-electron chi connectivity index (χ2n) is 8.46.